The van der Waals surface area contributed by atoms with Crippen LogP contribution in [0.15, 0.2) is 79.0 Å². The summed E-state index contributed by atoms with van der Waals surface area (Å²) >= 11 is 1.56. The summed E-state index contributed by atoms with van der Waals surface area (Å²) in [6, 6.07) is 16.9. The van der Waals surface area contributed by atoms with Gasteiger partial charge >= 0.3 is 12.0 Å². The Labute approximate surface area is 575 Å². The highest BCUT2D eigenvalue weighted by Crippen LogP contribution is 2.72. The summed E-state index contributed by atoms with van der Waals surface area (Å²) in [5, 5.41) is 40.5. The Hall–Kier alpha value is -8.72. The second-order valence-corrected chi connectivity index (χ2v) is 30.5. The van der Waals surface area contributed by atoms with Crippen molar-refractivity contribution >= 4 is 91.4 Å². The topological polar surface area (TPSA) is 320 Å². The first-order chi connectivity index (χ1) is 46.9. The molecule has 520 valence electrons. The Morgan fingerprint density at radius 3 is 2.28 bits per heavy atom. The number of nitrogens with one attached hydrogen (secondary N) is 5. The number of benzene rings is 2. The number of imide groups is 1. The van der Waals surface area contributed by atoms with Crippen LogP contribution in [0.1, 0.15) is 144 Å². The normalized spacial score (nSPS) is 22.8. The van der Waals surface area contributed by atoms with Crippen LogP contribution in [-0.2, 0) is 53.0 Å². The quantitative estimate of drug-likeness (QED) is 0.0131. The zero-order valence-corrected chi connectivity index (χ0v) is 57.9. The van der Waals surface area contributed by atoms with Crippen molar-refractivity contribution in [3.05, 3.63) is 107 Å². The van der Waals surface area contributed by atoms with E-state index in [9.17, 15) is 38.7 Å². The molecule has 0 spiro atoms. The van der Waals surface area contributed by atoms with E-state index in [2.05, 4.69) is 62.3 Å². The number of nitrogens with zero attached hydrogens (tertiary/aromatic N) is 9. The number of nitrogens with two attached hydrogens (primary N) is 1. The minimum atomic E-state index is -1.12. The van der Waals surface area contributed by atoms with Crippen LogP contribution in [-0.4, -0.2) is 163 Å². The van der Waals surface area contributed by atoms with E-state index in [1.807, 2.05) is 73.5 Å². The molecule has 4 aromatic heterocycles. The molecule has 7 amide bonds. The number of pyridine rings is 1. The van der Waals surface area contributed by atoms with Crippen LogP contribution in [0.4, 0.5) is 33.1 Å². The standard InChI is InChI=1S/C72H91N15O10S/c1-45(2)60(80-57(88)26-33-96-34-29-85-58(89)24-25-59(85)90)65(92)77-54(16-12-27-74-67(73)95)64(91)76-49-20-18-48(19-21-49)37-87(30-10-7-11-31-87)32-35-97-72-41-69(5)38-70(6,42-72)40-71(39-69,43-72)44-86-47(4)52(36-75-86)51-22-23-56(79-61(51)66(93)94)84-28-13-14-50-46(3)62(82-83-63(50)84)81-68-78-53-15-8-9-17-55(53)98-68/h8-9,15,17-25,36,45,54,60H,7,10-14,16,26-35,37-44H2,1-6H3,(H7-,73,74,76,77,78,80,81,82,88,91,92,93,94,95)/p+1/t54-,60-,69-,70+,71+,72-/m0/s1. The first-order valence-electron chi connectivity index (χ1n) is 34.6. The summed E-state index contributed by atoms with van der Waals surface area (Å²) in [5.74, 6) is -1.96. The molecule has 1 saturated heterocycles. The highest BCUT2D eigenvalue weighted by molar-refractivity contribution is 7.22. The van der Waals surface area contributed by atoms with Gasteiger partial charge in [0.2, 0.25) is 17.7 Å². The number of primary amides is 1. The number of ether oxygens (including phenoxy) is 2. The van der Waals surface area contributed by atoms with Gasteiger partial charge in [0, 0.05) is 77.4 Å². The summed E-state index contributed by atoms with van der Waals surface area (Å²) in [5.41, 5.74) is 11.8. The third-order valence-electron chi connectivity index (χ3n) is 21.0. The van der Waals surface area contributed by atoms with Crippen molar-refractivity contribution in [3.63, 3.8) is 0 Å². The molecular formula is C72H92N15O10S+. The van der Waals surface area contributed by atoms with Crippen molar-refractivity contribution in [3.8, 4) is 11.1 Å². The molecule has 0 unspecified atom stereocenters. The van der Waals surface area contributed by atoms with E-state index in [1.54, 1.807) is 25.2 Å². The lowest BCUT2D eigenvalue weighted by Gasteiger charge is -2.69. The lowest BCUT2D eigenvalue weighted by Crippen LogP contribution is -2.65. The van der Waals surface area contributed by atoms with Crippen LogP contribution in [0.3, 0.4) is 0 Å². The van der Waals surface area contributed by atoms with Gasteiger partial charge in [0.25, 0.3) is 11.8 Å². The van der Waals surface area contributed by atoms with Gasteiger partial charge in [-0.1, -0.05) is 63.3 Å². The Balaban J connectivity index is 0.677. The minimum Gasteiger partial charge on any atom is -0.476 e. The number of likely N-dealkylation sites (tertiary alicyclic amines) is 1. The van der Waals surface area contributed by atoms with Crippen LogP contribution < -0.4 is 37.2 Å². The summed E-state index contributed by atoms with van der Waals surface area (Å²) in [4.78, 5) is 102. The van der Waals surface area contributed by atoms with E-state index >= 15 is 0 Å². The van der Waals surface area contributed by atoms with Crippen LogP contribution in [0.2, 0.25) is 0 Å². The molecule has 5 fully saturated rings. The van der Waals surface area contributed by atoms with E-state index in [4.69, 9.17) is 35.4 Å². The van der Waals surface area contributed by atoms with Gasteiger partial charge in [-0.2, -0.15) is 5.10 Å². The summed E-state index contributed by atoms with van der Waals surface area (Å²) in [6.07, 6.45) is 15.9. The number of thiazole rings is 1. The summed E-state index contributed by atoms with van der Waals surface area (Å²) < 4.78 is 17.0. The average molecular weight is 1360 g/mol. The maximum absolute atomic E-state index is 14.1. The van der Waals surface area contributed by atoms with E-state index in [0.29, 0.717) is 54.8 Å². The molecule has 6 aromatic rings. The Morgan fingerprint density at radius 1 is 0.816 bits per heavy atom. The lowest BCUT2D eigenvalue weighted by molar-refractivity contribution is -0.945. The van der Waals surface area contributed by atoms with Crippen LogP contribution in [0.25, 0.3) is 21.3 Å². The Morgan fingerprint density at radius 2 is 1.56 bits per heavy atom. The van der Waals surface area contributed by atoms with Gasteiger partial charge in [-0.15, -0.1) is 10.2 Å². The molecule has 8 N–H and O–H groups in total. The fourth-order valence-electron chi connectivity index (χ4n) is 17.6. The number of carbonyl (C=O) groups excluding carboxylic acids is 6. The zero-order valence-electron chi connectivity index (χ0n) is 57.0. The number of carboxylic acids is 1. The van der Waals surface area contributed by atoms with Crippen molar-refractivity contribution in [1.82, 2.24) is 50.8 Å². The van der Waals surface area contributed by atoms with Crippen molar-refractivity contribution in [2.24, 2.45) is 27.9 Å². The lowest BCUT2D eigenvalue weighted by atomic mass is 9.39. The second kappa shape index (κ2) is 28.6. The van der Waals surface area contributed by atoms with E-state index in [1.165, 1.54) is 18.6 Å². The molecule has 4 saturated carbocycles. The number of aromatic nitrogens is 6. The first-order valence-corrected chi connectivity index (χ1v) is 35.4. The number of aromatic carboxylic acids is 1. The first kappa shape index (κ1) is 69.2. The summed E-state index contributed by atoms with van der Waals surface area (Å²) in [7, 11) is 0. The van der Waals surface area contributed by atoms with Crippen LogP contribution in [0, 0.1) is 36.0 Å². The number of hydrogen-bond acceptors (Lipinski definition) is 17. The minimum absolute atomic E-state index is 0.00688. The van der Waals surface area contributed by atoms with Gasteiger partial charge in [-0.25, -0.2) is 19.6 Å². The van der Waals surface area contributed by atoms with Gasteiger partial charge in [-0.3, -0.25) is 33.6 Å². The van der Waals surface area contributed by atoms with Gasteiger partial charge in [0.15, 0.2) is 22.5 Å². The molecule has 7 heterocycles. The predicted molar refractivity (Wildman–Crippen MR) is 371 cm³/mol. The van der Waals surface area contributed by atoms with E-state index < -0.39 is 53.6 Å². The van der Waals surface area contributed by atoms with E-state index in [0.717, 1.165) is 143 Å². The molecule has 6 atom stereocenters. The van der Waals surface area contributed by atoms with Crippen LogP contribution >= 0.6 is 11.3 Å². The smallest absolute Gasteiger partial charge is 0.355 e. The fourth-order valence-corrected chi connectivity index (χ4v) is 18.4. The third kappa shape index (κ3) is 15.4. The monoisotopic (exact) mass is 1360 g/mol. The number of carboxylic acid groups (broad SMARTS) is 1. The molecule has 98 heavy (non-hydrogen) atoms. The third-order valence-corrected chi connectivity index (χ3v) is 21.9. The van der Waals surface area contributed by atoms with Crippen molar-refractivity contribution < 1.29 is 52.6 Å². The largest absolute Gasteiger partial charge is 0.476 e. The van der Waals surface area contributed by atoms with Crippen molar-refractivity contribution in [2.75, 3.05) is 74.6 Å². The molecule has 7 aliphatic rings. The predicted octanol–water partition coefficient (Wildman–Crippen LogP) is 9.17. The van der Waals surface area contributed by atoms with Gasteiger partial charge in [0.1, 0.15) is 31.0 Å². The molecule has 0 radical (unpaired) electrons. The van der Waals surface area contributed by atoms with Gasteiger partial charge in [-0.05, 0) is 156 Å². The molecule has 26 heteroatoms. The zero-order chi connectivity index (χ0) is 69.2. The number of anilines is 5. The fraction of sp³-hybridized carbons (Fsp3) is 0.528. The van der Waals surface area contributed by atoms with Gasteiger partial charge in [0.05, 0.1) is 61.5 Å². The molecule has 4 bridgehead atoms. The highest BCUT2D eigenvalue weighted by Gasteiger charge is 2.66. The van der Waals surface area contributed by atoms with Crippen molar-refractivity contribution in [2.45, 2.75) is 162 Å². The summed E-state index contributed by atoms with van der Waals surface area (Å²) in [6.45, 7) is 18.5. The number of quaternary nitrogens is 1. The number of amides is 7. The Kier molecular flexibility index (Phi) is 20.2. The molecule has 3 aliphatic heterocycles. The van der Waals surface area contributed by atoms with Gasteiger partial charge < -0.3 is 56.3 Å². The number of urea groups is 1. The van der Waals surface area contributed by atoms with Crippen LogP contribution in [0.5, 0.6) is 0 Å². The number of piperidine rings is 1. The molecule has 25 nitrogen and oxygen atoms in total. The SMILES string of the molecule is Cc1c(Nc2nc3ccccc3s2)nnc2c1CCCN2c1ccc(-c2cnn(C[C@]34C[C@]5(C)C[C@](C)(C3)C[C@@](OCC[N+]3(Cc6ccc(NC(=O)[C@H](CCCNC(N)=O)NC(=O)[C@@H](NC(=O)CCOCCN7C(=O)C=CC7=O)C(C)C)cc6)CCCCC3)(C5)C4)c2C)c(C(=O)O)n1. The second-order valence-electron chi connectivity index (χ2n) is 29.5. The number of rotatable bonds is 29. The van der Waals surface area contributed by atoms with E-state index in [-0.39, 0.29) is 72.6 Å². The molecule has 4 aliphatic carbocycles. The highest BCUT2D eigenvalue weighted by atomic mass is 32.1. The Bertz CT molecular complexity index is 3980. The number of para-hydroxylation sites is 1. The average Bonchev–Trinajstić information content (AvgIpc) is 0.737. The number of hydrogen-bond donors (Lipinski definition) is 7. The maximum Gasteiger partial charge on any atom is 0.355 e. The molecule has 13 rings (SSSR count). The molecular weight excluding hydrogens is 1270 g/mol. The number of carbonyl (C=O) groups is 7. The van der Waals surface area contributed by atoms with Crippen molar-refractivity contribution in [1.29, 1.82) is 0 Å². The maximum atomic E-state index is 14.1. The number of fused-ring (bicyclic) bond motifs is 2. The molecule has 2 aromatic carbocycles.